The van der Waals surface area contributed by atoms with Crippen molar-refractivity contribution in [1.82, 2.24) is 5.32 Å². The highest BCUT2D eigenvalue weighted by atomic mass is 32.2. The van der Waals surface area contributed by atoms with Gasteiger partial charge in [0.05, 0.1) is 33.2 Å². The zero-order valence-corrected chi connectivity index (χ0v) is 16.6. The first kappa shape index (κ1) is 20.5. The molecular formula is C20H22N2O4S. The highest BCUT2D eigenvalue weighted by Crippen LogP contribution is 2.39. The number of ether oxygens (including phenoxy) is 3. The van der Waals surface area contributed by atoms with E-state index in [1.165, 1.54) is 33.1 Å². The molecule has 27 heavy (non-hydrogen) atoms. The number of carbonyl (C=O) groups excluding carboxylic acids is 1. The van der Waals surface area contributed by atoms with Gasteiger partial charge in [0.1, 0.15) is 6.04 Å². The number of hydrogen-bond acceptors (Lipinski definition) is 6. The number of hydrogen-bond donors (Lipinski definition) is 1. The van der Waals surface area contributed by atoms with Crippen molar-refractivity contribution in [2.45, 2.75) is 17.9 Å². The van der Waals surface area contributed by atoms with Gasteiger partial charge in [-0.2, -0.15) is 5.26 Å². The highest BCUT2D eigenvalue weighted by molar-refractivity contribution is 8.00. The first-order valence-electron chi connectivity index (χ1n) is 8.21. The van der Waals surface area contributed by atoms with E-state index in [1.807, 2.05) is 31.2 Å². The monoisotopic (exact) mass is 386 g/mol. The van der Waals surface area contributed by atoms with Crippen LogP contribution in [0.15, 0.2) is 41.3 Å². The molecule has 0 aromatic heterocycles. The molecule has 1 atom stereocenters. The van der Waals surface area contributed by atoms with Crippen LogP contribution in [0.4, 0.5) is 0 Å². The summed E-state index contributed by atoms with van der Waals surface area (Å²) in [7, 11) is 4.51. The van der Waals surface area contributed by atoms with Crippen molar-refractivity contribution in [2.75, 3.05) is 27.1 Å². The third kappa shape index (κ3) is 5.08. The topological polar surface area (TPSA) is 80.6 Å². The van der Waals surface area contributed by atoms with Crippen molar-refractivity contribution in [3.05, 3.63) is 47.5 Å². The van der Waals surface area contributed by atoms with Crippen LogP contribution >= 0.6 is 11.8 Å². The minimum absolute atomic E-state index is 0.216. The van der Waals surface area contributed by atoms with E-state index in [4.69, 9.17) is 14.2 Å². The third-order valence-electron chi connectivity index (χ3n) is 3.91. The Balaban J connectivity index is 2.13. The van der Waals surface area contributed by atoms with Gasteiger partial charge in [0.15, 0.2) is 11.5 Å². The van der Waals surface area contributed by atoms with E-state index in [9.17, 15) is 10.1 Å². The van der Waals surface area contributed by atoms with Crippen molar-refractivity contribution in [3.8, 4) is 23.3 Å². The Morgan fingerprint density at radius 1 is 1.15 bits per heavy atom. The summed E-state index contributed by atoms with van der Waals surface area (Å²) in [5, 5.41) is 12.3. The SMILES string of the molecule is COc1cc(C(C#N)NC(=O)CSc2ccccc2C)cc(OC)c1OC. The van der Waals surface area contributed by atoms with Gasteiger partial charge in [-0.1, -0.05) is 18.2 Å². The van der Waals surface area contributed by atoms with Gasteiger partial charge in [-0.05, 0) is 36.2 Å². The Hall–Kier alpha value is -2.85. The lowest BCUT2D eigenvalue weighted by molar-refractivity contribution is -0.118. The van der Waals surface area contributed by atoms with E-state index in [0.717, 1.165) is 10.5 Å². The summed E-state index contributed by atoms with van der Waals surface area (Å²) in [5.74, 6) is 1.27. The largest absolute Gasteiger partial charge is 0.493 e. The average Bonchev–Trinajstić information content (AvgIpc) is 2.70. The molecule has 2 aromatic rings. The fourth-order valence-electron chi connectivity index (χ4n) is 2.52. The van der Waals surface area contributed by atoms with E-state index in [0.29, 0.717) is 22.8 Å². The van der Waals surface area contributed by atoms with E-state index in [-0.39, 0.29) is 11.7 Å². The Labute approximate surface area is 163 Å². The number of rotatable bonds is 8. The molecule has 1 unspecified atom stereocenters. The molecule has 7 heteroatoms. The van der Waals surface area contributed by atoms with Crippen LogP contribution in [0.3, 0.4) is 0 Å². The van der Waals surface area contributed by atoms with Gasteiger partial charge < -0.3 is 19.5 Å². The Kier molecular flexibility index (Phi) is 7.38. The predicted octanol–water partition coefficient (Wildman–Crippen LogP) is 3.49. The van der Waals surface area contributed by atoms with E-state index >= 15 is 0 Å². The fourth-order valence-corrected chi connectivity index (χ4v) is 3.36. The van der Waals surface area contributed by atoms with Gasteiger partial charge in [-0.15, -0.1) is 11.8 Å². The number of benzene rings is 2. The Morgan fingerprint density at radius 2 is 1.78 bits per heavy atom. The molecule has 2 aromatic carbocycles. The number of nitrogens with zero attached hydrogens (tertiary/aromatic N) is 1. The second-order valence-electron chi connectivity index (χ2n) is 5.64. The zero-order chi connectivity index (χ0) is 19.8. The number of methoxy groups -OCH3 is 3. The summed E-state index contributed by atoms with van der Waals surface area (Å²) in [4.78, 5) is 13.4. The maximum atomic E-state index is 12.3. The maximum Gasteiger partial charge on any atom is 0.231 e. The molecule has 0 radical (unpaired) electrons. The van der Waals surface area contributed by atoms with Crippen LogP contribution in [0.2, 0.25) is 0 Å². The molecule has 1 N–H and O–H groups in total. The highest BCUT2D eigenvalue weighted by Gasteiger charge is 2.20. The number of thioether (sulfide) groups is 1. The summed E-state index contributed by atoms with van der Waals surface area (Å²) in [6, 6.07) is 12.4. The van der Waals surface area contributed by atoms with Crippen molar-refractivity contribution in [3.63, 3.8) is 0 Å². The number of carbonyl (C=O) groups is 1. The zero-order valence-electron chi connectivity index (χ0n) is 15.7. The standard InChI is InChI=1S/C20H22N2O4S/c1-13-7-5-6-8-18(13)27-12-19(23)22-15(11-21)14-9-16(24-2)20(26-4)17(10-14)25-3/h5-10,15H,12H2,1-4H3,(H,22,23). The molecule has 0 bridgehead atoms. The fraction of sp³-hybridized carbons (Fsp3) is 0.300. The molecule has 0 spiro atoms. The lowest BCUT2D eigenvalue weighted by Gasteiger charge is -2.17. The lowest BCUT2D eigenvalue weighted by atomic mass is 10.1. The molecule has 0 aliphatic carbocycles. The molecule has 2 rings (SSSR count). The first-order chi connectivity index (χ1) is 13.0. The van der Waals surface area contributed by atoms with Crippen LogP contribution in [-0.2, 0) is 4.79 Å². The summed E-state index contributed by atoms with van der Waals surface area (Å²) < 4.78 is 15.9. The number of aryl methyl sites for hydroxylation is 1. The molecule has 0 heterocycles. The summed E-state index contributed by atoms with van der Waals surface area (Å²) in [5.41, 5.74) is 1.66. The average molecular weight is 386 g/mol. The Bertz CT molecular complexity index is 823. The lowest BCUT2D eigenvalue weighted by Crippen LogP contribution is -2.29. The minimum Gasteiger partial charge on any atom is -0.493 e. The van der Waals surface area contributed by atoms with Gasteiger partial charge in [-0.25, -0.2) is 0 Å². The second kappa shape index (κ2) is 9.74. The molecule has 0 aliphatic rings. The number of nitriles is 1. The smallest absolute Gasteiger partial charge is 0.231 e. The second-order valence-corrected chi connectivity index (χ2v) is 6.66. The minimum atomic E-state index is -0.830. The molecule has 6 nitrogen and oxygen atoms in total. The van der Waals surface area contributed by atoms with Gasteiger partial charge in [0.2, 0.25) is 11.7 Å². The summed E-state index contributed by atoms with van der Waals surface area (Å²) in [6.45, 7) is 1.99. The summed E-state index contributed by atoms with van der Waals surface area (Å²) in [6.07, 6.45) is 0. The molecule has 0 saturated carbocycles. The van der Waals surface area contributed by atoms with E-state index in [2.05, 4.69) is 11.4 Å². The molecular weight excluding hydrogens is 364 g/mol. The van der Waals surface area contributed by atoms with E-state index in [1.54, 1.807) is 12.1 Å². The molecule has 142 valence electrons. The maximum absolute atomic E-state index is 12.3. The molecule has 0 saturated heterocycles. The van der Waals surface area contributed by atoms with Crippen LogP contribution in [0, 0.1) is 18.3 Å². The molecule has 0 aliphatic heterocycles. The molecule has 1 amide bonds. The number of amides is 1. The van der Waals surface area contributed by atoms with Crippen LogP contribution in [0.25, 0.3) is 0 Å². The van der Waals surface area contributed by atoms with Gasteiger partial charge in [-0.3, -0.25) is 4.79 Å². The first-order valence-corrected chi connectivity index (χ1v) is 9.19. The Morgan fingerprint density at radius 3 is 2.30 bits per heavy atom. The van der Waals surface area contributed by atoms with Crippen LogP contribution in [-0.4, -0.2) is 33.0 Å². The van der Waals surface area contributed by atoms with Crippen molar-refractivity contribution in [1.29, 1.82) is 5.26 Å². The van der Waals surface area contributed by atoms with E-state index < -0.39 is 6.04 Å². The summed E-state index contributed by atoms with van der Waals surface area (Å²) >= 11 is 1.43. The van der Waals surface area contributed by atoms with Crippen molar-refractivity contribution in [2.24, 2.45) is 0 Å². The van der Waals surface area contributed by atoms with Crippen LogP contribution < -0.4 is 19.5 Å². The normalized spacial score (nSPS) is 11.2. The van der Waals surface area contributed by atoms with Crippen LogP contribution in [0.5, 0.6) is 17.2 Å². The molecule has 0 fully saturated rings. The van der Waals surface area contributed by atoms with Crippen molar-refractivity contribution < 1.29 is 19.0 Å². The predicted molar refractivity (Wildman–Crippen MR) is 104 cm³/mol. The van der Waals surface area contributed by atoms with Crippen LogP contribution in [0.1, 0.15) is 17.2 Å². The quantitative estimate of drug-likeness (QED) is 0.700. The third-order valence-corrected chi connectivity index (χ3v) is 5.08. The number of nitrogens with one attached hydrogen (secondary N) is 1. The van der Waals surface area contributed by atoms with Gasteiger partial charge in [0, 0.05) is 4.90 Å². The van der Waals surface area contributed by atoms with Gasteiger partial charge >= 0.3 is 0 Å². The van der Waals surface area contributed by atoms with Gasteiger partial charge in [0.25, 0.3) is 0 Å². The van der Waals surface area contributed by atoms with Crippen molar-refractivity contribution >= 4 is 17.7 Å².